The highest BCUT2D eigenvalue weighted by molar-refractivity contribution is 5.87. The average Bonchev–Trinajstić information content (AvgIpc) is 3.40. The quantitative estimate of drug-likeness (QED) is 0.170. The van der Waals surface area contributed by atoms with Crippen molar-refractivity contribution in [2.45, 2.75) is 207 Å². The number of ether oxygens (including phenoxy) is 9. The summed E-state index contributed by atoms with van der Waals surface area (Å²) in [4.78, 5) is 12.7. The zero-order valence-electron chi connectivity index (χ0n) is 34.6. The molecule has 6 fully saturated rings. The maximum Gasteiger partial charge on any atom is 0.162 e. The number of ketones is 1. The van der Waals surface area contributed by atoms with E-state index in [0.29, 0.717) is 37.7 Å². The van der Waals surface area contributed by atoms with Crippen LogP contribution in [0.3, 0.4) is 0 Å². The van der Waals surface area contributed by atoms with E-state index in [9.17, 15) is 35.4 Å². The molecule has 0 aromatic rings. The first-order valence-corrected chi connectivity index (χ1v) is 20.8. The number of hydrogen-bond donors (Lipinski definition) is 6. The molecule has 0 amide bonds. The van der Waals surface area contributed by atoms with Crippen molar-refractivity contribution in [3.8, 4) is 0 Å². The maximum atomic E-state index is 12.7. The van der Waals surface area contributed by atoms with Gasteiger partial charge in [-0.2, -0.15) is 0 Å². The summed E-state index contributed by atoms with van der Waals surface area (Å²) in [6.07, 6.45) is -4.22. The lowest BCUT2D eigenvalue weighted by Gasteiger charge is -2.66. The first-order chi connectivity index (χ1) is 26.8. The van der Waals surface area contributed by atoms with Gasteiger partial charge in [-0.05, 0) is 78.2 Å². The van der Waals surface area contributed by atoms with Gasteiger partial charge in [0.1, 0.15) is 35.1 Å². The van der Waals surface area contributed by atoms with Gasteiger partial charge in [-0.1, -0.05) is 13.0 Å². The van der Waals surface area contributed by atoms with Gasteiger partial charge < -0.3 is 73.3 Å². The minimum Gasteiger partial charge on any atom is -0.392 e. The molecule has 0 spiro atoms. The summed E-state index contributed by atoms with van der Waals surface area (Å²) in [6, 6.07) is 0. The van der Waals surface area contributed by atoms with Crippen molar-refractivity contribution < 1.29 is 78.1 Å². The first-order valence-electron chi connectivity index (χ1n) is 20.8. The molecule has 0 radical (unpaired) electrons. The Morgan fingerprint density at radius 1 is 0.737 bits per heavy atom. The van der Waals surface area contributed by atoms with Crippen LogP contribution in [0.4, 0.5) is 0 Å². The molecule has 4 aliphatic carbocycles. The summed E-state index contributed by atoms with van der Waals surface area (Å²) in [5.74, 6) is -1.50. The lowest BCUT2D eigenvalue weighted by atomic mass is 9.44. The fourth-order valence-corrected chi connectivity index (χ4v) is 11.9. The second-order valence-electron chi connectivity index (χ2n) is 18.1. The lowest BCUT2D eigenvalue weighted by molar-refractivity contribution is -0.339. The largest absolute Gasteiger partial charge is 0.392 e. The smallest absolute Gasteiger partial charge is 0.162 e. The van der Waals surface area contributed by atoms with Crippen molar-refractivity contribution in [3.63, 3.8) is 0 Å². The molecule has 3 saturated heterocycles. The number of carbonyl (C=O) groups excluding carboxylic acids is 1. The van der Waals surface area contributed by atoms with Gasteiger partial charge in [0.25, 0.3) is 0 Å². The number of fused-ring (bicyclic) bond motifs is 5. The van der Waals surface area contributed by atoms with E-state index in [0.717, 1.165) is 0 Å². The highest BCUT2D eigenvalue weighted by atomic mass is 16.7. The number of aliphatic hydroxyl groups excluding tert-OH is 2. The molecule has 20 atom stereocenters. The van der Waals surface area contributed by atoms with Gasteiger partial charge >= 0.3 is 0 Å². The number of methoxy groups -OCH3 is 3. The summed E-state index contributed by atoms with van der Waals surface area (Å²) in [6.45, 7) is 8.29. The molecule has 1 unspecified atom stereocenters. The van der Waals surface area contributed by atoms with Gasteiger partial charge in [0.15, 0.2) is 24.7 Å². The highest BCUT2D eigenvalue weighted by Gasteiger charge is 2.81. The normalized spacial score (nSPS) is 54.0. The second-order valence-corrected chi connectivity index (χ2v) is 18.1. The predicted molar refractivity (Wildman–Crippen MR) is 198 cm³/mol. The van der Waals surface area contributed by atoms with Gasteiger partial charge in [0.2, 0.25) is 0 Å². The minimum atomic E-state index is -2.02. The van der Waals surface area contributed by atoms with Crippen molar-refractivity contribution in [2.75, 3.05) is 21.3 Å². The van der Waals surface area contributed by atoms with Crippen LogP contribution in [0.2, 0.25) is 0 Å². The Balaban J connectivity index is 0.966. The number of Topliss-reactive ketones (excluding diaryl/α,β-unsaturated/α-hetero) is 1. The Kier molecular flexibility index (Phi) is 12.3. The van der Waals surface area contributed by atoms with Crippen LogP contribution in [-0.4, -0.2) is 166 Å². The fourth-order valence-electron chi connectivity index (χ4n) is 11.9. The zero-order chi connectivity index (χ0) is 41.5. The molecule has 3 aliphatic heterocycles. The molecule has 0 aromatic heterocycles. The molecule has 7 aliphatic rings. The summed E-state index contributed by atoms with van der Waals surface area (Å²) in [5.41, 5.74) is -8.50. The molecule has 6 N–H and O–H groups in total. The Morgan fingerprint density at radius 3 is 1.81 bits per heavy atom. The first kappa shape index (κ1) is 43.9. The van der Waals surface area contributed by atoms with E-state index in [1.54, 1.807) is 34.3 Å². The van der Waals surface area contributed by atoms with Gasteiger partial charge in [0.05, 0.1) is 59.8 Å². The van der Waals surface area contributed by atoms with Crippen LogP contribution < -0.4 is 0 Å². The number of carbonyl (C=O) groups is 1. The second kappa shape index (κ2) is 15.9. The highest BCUT2D eigenvalue weighted by Crippen LogP contribution is 2.68. The van der Waals surface area contributed by atoms with E-state index in [1.165, 1.54) is 13.8 Å². The van der Waals surface area contributed by atoms with Crippen molar-refractivity contribution in [1.29, 1.82) is 0 Å². The molecule has 0 bridgehead atoms. The van der Waals surface area contributed by atoms with E-state index < -0.39 is 113 Å². The Bertz CT molecular complexity index is 1500. The Labute approximate surface area is 335 Å². The molecule has 3 heterocycles. The molecule has 57 heavy (non-hydrogen) atoms. The third kappa shape index (κ3) is 6.90. The van der Waals surface area contributed by atoms with Crippen LogP contribution in [0.15, 0.2) is 11.6 Å². The third-order valence-corrected chi connectivity index (χ3v) is 15.4. The maximum absolute atomic E-state index is 12.7. The topological polar surface area (TPSA) is 222 Å². The van der Waals surface area contributed by atoms with Gasteiger partial charge in [-0.25, -0.2) is 0 Å². The minimum absolute atomic E-state index is 0.0127. The van der Waals surface area contributed by atoms with E-state index in [-0.39, 0.29) is 44.3 Å². The fraction of sp³-hybridized carbons (Fsp3) is 0.927. The number of aliphatic hydroxyl groups is 6. The van der Waals surface area contributed by atoms with Crippen LogP contribution in [0.25, 0.3) is 0 Å². The van der Waals surface area contributed by atoms with E-state index in [1.807, 2.05) is 13.8 Å². The molecular weight excluding hydrogens is 748 g/mol. The summed E-state index contributed by atoms with van der Waals surface area (Å²) in [5, 5.41) is 70.3. The molecule has 7 rings (SSSR count). The molecule has 16 heteroatoms. The molecule has 16 nitrogen and oxygen atoms in total. The van der Waals surface area contributed by atoms with E-state index in [4.69, 9.17) is 42.6 Å². The predicted octanol–water partition coefficient (Wildman–Crippen LogP) is 1.16. The monoisotopic (exact) mass is 814 g/mol. The average molecular weight is 815 g/mol. The van der Waals surface area contributed by atoms with Gasteiger partial charge in [0, 0.05) is 46.5 Å². The zero-order valence-corrected chi connectivity index (χ0v) is 34.6. The molecule has 3 saturated carbocycles. The Hall–Kier alpha value is -1.19. The van der Waals surface area contributed by atoms with Crippen LogP contribution in [0.1, 0.15) is 98.8 Å². The van der Waals surface area contributed by atoms with Crippen molar-refractivity contribution in [2.24, 2.45) is 11.3 Å². The summed E-state index contributed by atoms with van der Waals surface area (Å²) >= 11 is 0. The van der Waals surface area contributed by atoms with Crippen LogP contribution in [0.5, 0.6) is 0 Å². The Morgan fingerprint density at radius 2 is 1.26 bits per heavy atom. The van der Waals surface area contributed by atoms with Crippen molar-refractivity contribution in [3.05, 3.63) is 11.6 Å². The number of rotatable bonds is 10. The molecule has 0 aromatic carbocycles. The number of hydrogen-bond acceptors (Lipinski definition) is 16. The summed E-state index contributed by atoms with van der Waals surface area (Å²) in [7, 11) is 4.79. The van der Waals surface area contributed by atoms with Crippen molar-refractivity contribution in [1.82, 2.24) is 0 Å². The molecule has 326 valence electrons. The van der Waals surface area contributed by atoms with Crippen LogP contribution in [-0.2, 0) is 47.4 Å². The van der Waals surface area contributed by atoms with Crippen LogP contribution >= 0.6 is 0 Å². The lowest BCUT2D eigenvalue weighted by Crippen LogP contribution is -2.79. The standard InChI is InChI=1S/C41H66O16/c1-20-34(44)26(49-6)16-32(52-20)56-36-22(3)54-33(18-28(36)51-8)57-35-21(2)53-31(17-27(35)50-7)55-25-10-11-38(45)24(15-25)9-12-40(47)29(38)19-30(43)37(5)39(46,23(4)42)13-14-41(37,40)48/h9,20-22,25-36,43-48H,10-19H2,1-8H3/t20-,21-,22-,25+,26+,27+,28+,29?,30-,31+,32+,33+,34-,35-,36-,37-,38-,39-,40+,41-/m1/s1. The van der Waals surface area contributed by atoms with Crippen LogP contribution in [0, 0.1) is 11.3 Å². The SMILES string of the molecule is CO[C@H]1C[C@H](O[C@H]2[C@@H](OC)C[C@H](O[C@H]3[C@@H](OC)C[C@H](O[C@H]4CC[C@@]5(O)C(=CC[C@]6(O)C5C[C@@H](O)[C@@]5(C)[C@]6(O)CC[C@@]5(O)C(C)=O)C4)O[C@@H]3C)O[C@@H]2C)O[C@H](C)[C@H]1O. The van der Waals surface area contributed by atoms with E-state index >= 15 is 0 Å². The van der Waals surface area contributed by atoms with Gasteiger partial charge in [-0.15, -0.1) is 0 Å². The summed E-state index contributed by atoms with van der Waals surface area (Å²) < 4.78 is 55.3. The molecular formula is C41H66O16. The van der Waals surface area contributed by atoms with Gasteiger partial charge in [-0.3, -0.25) is 4.79 Å². The third-order valence-electron chi connectivity index (χ3n) is 15.4. The van der Waals surface area contributed by atoms with E-state index in [2.05, 4.69) is 0 Å². The van der Waals surface area contributed by atoms with Crippen molar-refractivity contribution >= 4 is 5.78 Å².